The van der Waals surface area contributed by atoms with Gasteiger partial charge in [0.05, 0.1) is 4.90 Å². The highest BCUT2D eigenvalue weighted by molar-refractivity contribution is 7.91. The van der Waals surface area contributed by atoms with Gasteiger partial charge in [0.2, 0.25) is 0 Å². The number of carbonyl (C=O) groups is 1. The van der Waals surface area contributed by atoms with Crippen molar-refractivity contribution in [2.75, 3.05) is 12.5 Å². The van der Waals surface area contributed by atoms with Crippen LogP contribution in [0.5, 0.6) is 5.75 Å². The average molecular weight is 522 g/mol. The van der Waals surface area contributed by atoms with E-state index in [4.69, 9.17) is 9.47 Å². The Bertz CT molecular complexity index is 1310. The molecule has 37 heavy (non-hydrogen) atoms. The van der Waals surface area contributed by atoms with E-state index in [1.165, 1.54) is 0 Å². The van der Waals surface area contributed by atoms with E-state index in [0.29, 0.717) is 10.6 Å². The van der Waals surface area contributed by atoms with E-state index in [9.17, 15) is 13.2 Å². The molecule has 0 heterocycles. The molecule has 6 nitrogen and oxygen atoms in total. The Morgan fingerprint density at radius 1 is 0.919 bits per heavy atom. The summed E-state index contributed by atoms with van der Waals surface area (Å²) in [5, 5.41) is 3.29. The monoisotopic (exact) mass is 521 g/mol. The summed E-state index contributed by atoms with van der Waals surface area (Å²) in [6.45, 7) is 5.30. The second-order valence-electron chi connectivity index (χ2n) is 10.4. The predicted molar refractivity (Wildman–Crippen MR) is 145 cm³/mol. The van der Waals surface area contributed by atoms with Gasteiger partial charge in [0.1, 0.15) is 17.2 Å². The molecule has 7 heteroatoms. The number of esters is 1. The summed E-state index contributed by atoms with van der Waals surface area (Å²) in [7, 11) is -3.53. The molecule has 196 valence electrons. The van der Waals surface area contributed by atoms with E-state index in [2.05, 4.69) is 5.32 Å². The molecular formula is C30H35NO5S. The van der Waals surface area contributed by atoms with E-state index in [1.54, 1.807) is 12.1 Å². The van der Waals surface area contributed by atoms with Gasteiger partial charge in [-0.25, -0.2) is 13.2 Å². The van der Waals surface area contributed by atoms with Crippen LogP contribution in [0.2, 0.25) is 0 Å². The van der Waals surface area contributed by atoms with Crippen LogP contribution in [0.4, 0.5) is 0 Å². The molecule has 0 fully saturated rings. The van der Waals surface area contributed by atoms with Crippen molar-refractivity contribution in [3.63, 3.8) is 0 Å². The number of ether oxygens (including phenoxy) is 2. The molecule has 1 unspecified atom stereocenters. The molecule has 3 aromatic carbocycles. The molecule has 0 saturated carbocycles. The Hall–Kier alpha value is -3.16. The molecule has 0 saturated heterocycles. The smallest absolute Gasteiger partial charge is 0.344 e. The van der Waals surface area contributed by atoms with Gasteiger partial charge in [-0.05, 0) is 80.5 Å². The number of hydrogen-bond donors (Lipinski definition) is 1. The number of sulfone groups is 1. The zero-order valence-electron chi connectivity index (χ0n) is 21.7. The van der Waals surface area contributed by atoms with Crippen LogP contribution >= 0.6 is 0 Å². The lowest BCUT2D eigenvalue weighted by molar-refractivity contribution is -0.157. The molecule has 4 rings (SSSR count). The van der Waals surface area contributed by atoms with Gasteiger partial charge in [0, 0.05) is 6.04 Å². The lowest BCUT2D eigenvalue weighted by Crippen LogP contribution is -2.28. The molecule has 1 aliphatic rings. The Balaban J connectivity index is 1.45. The maximum absolute atomic E-state index is 13.1. The van der Waals surface area contributed by atoms with Crippen molar-refractivity contribution in [2.24, 2.45) is 0 Å². The molecule has 0 aromatic heterocycles. The van der Waals surface area contributed by atoms with Gasteiger partial charge < -0.3 is 9.47 Å². The van der Waals surface area contributed by atoms with E-state index < -0.39 is 21.4 Å². The quantitative estimate of drug-likeness (QED) is 0.295. The van der Waals surface area contributed by atoms with Crippen LogP contribution in [0.15, 0.2) is 77.7 Å². The lowest BCUT2D eigenvalue weighted by Gasteiger charge is -2.22. The molecule has 1 aliphatic carbocycles. The van der Waals surface area contributed by atoms with E-state index in [-0.39, 0.29) is 18.5 Å². The average Bonchev–Trinajstić information content (AvgIpc) is 3.08. The van der Waals surface area contributed by atoms with Gasteiger partial charge in [0.25, 0.3) is 0 Å². The molecule has 0 radical (unpaired) electrons. The first kappa shape index (κ1) is 26.9. The van der Waals surface area contributed by atoms with Crippen molar-refractivity contribution in [3.05, 3.63) is 83.9 Å². The summed E-state index contributed by atoms with van der Waals surface area (Å²) < 4.78 is 37.5. The van der Waals surface area contributed by atoms with Crippen LogP contribution in [0.25, 0.3) is 11.1 Å². The lowest BCUT2D eigenvalue weighted by atomic mass is 9.98. The Morgan fingerprint density at radius 2 is 1.62 bits per heavy atom. The summed E-state index contributed by atoms with van der Waals surface area (Å²) in [4.78, 5) is 12.4. The minimum atomic E-state index is -3.53. The number of fused-ring (bicyclic) bond motifs is 1. The van der Waals surface area contributed by atoms with Crippen molar-refractivity contribution >= 4 is 15.8 Å². The van der Waals surface area contributed by atoms with Crippen LogP contribution < -0.4 is 10.1 Å². The largest absolute Gasteiger partial charge is 0.482 e. The molecule has 0 aliphatic heterocycles. The number of benzene rings is 3. The van der Waals surface area contributed by atoms with E-state index in [0.717, 1.165) is 47.9 Å². The fourth-order valence-corrected chi connectivity index (χ4v) is 5.75. The molecule has 0 bridgehead atoms. The van der Waals surface area contributed by atoms with Crippen LogP contribution in [-0.2, 0) is 25.8 Å². The third-order valence-corrected chi connectivity index (χ3v) is 7.86. The number of hydrogen-bond acceptors (Lipinski definition) is 6. The third kappa shape index (κ3) is 7.21. The molecular weight excluding hydrogens is 486 g/mol. The number of nitrogens with one attached hydrogen (secondary N) is 1. The summed E-state index contributed by atoms with van der Waals surface area (Å²) >= 11 is 0. The first-order valence-corrected chi connectivity index (χ1v) is 14.4. The SMILES string of the molecule is CC(C)(C)OC(=O)COc1cccc2c1CCCCC2NCS(=O)(=O)c1ccc(-c2ccccc2)cc1. The normalized spacial score (nSPS) is 15.9. The van der Waals surface area contributed by atoms with Gasteiger partial charge >= 0.3 is 5.97 Å². The maximum Gasteiger partial charge on any atom is 0.344 e. The maximum atomic E-state index is 13.1. The minimum absolute atomic E-state index is 0.124. The van der Waals surface area contributed by atoms with E-state index >= 15 is 0 Å². The van der Waals surface area contributed by atoms with Gasteiger partial charge in [0.15, 0.2) is 16.4 Å². The summed E-state index contributed by atoms with van der Waals surface area (Å²) in [6.07, 6.45) is 3.56. The number of carbonyl (C=O) groups excluding carboxylic acids is 1. The molecule has 1 N–H and O–H groups in total. The molecule has 0 amide bonds. The van der Waals surface area contributed by atoms with Crippen molar-refractivity contribution in [2.45, 2.75) is 63.0 Å². The second-order valence-corrected chi connectivity index (χ2v) is 12.3. The summed E-state index contributed by atoms with van der Waals surface area (Å²) in [6, 6.07) is 22.5. The van der Waals surface area contributed by atoms with Gasteiger partial charge in [-0.1, -0.05) is 61.0 Å². The summed E-state index contributed by atoms with van der Waals surface area (Å²) in [5.74, 6) is 0.0688. The van der Waals surface area contributed by atoms with Crippen molar-refractivity contribution in [1.29, 1.82) is 0 Å². The van der Waals surface area contributed by atoms with Crippen LogP contribution in [0.1, 0.15) is 57.2 Å². The first-order chi connectivity index (χ1) is 17.6. The standard InChI is InChI=1S/C30H35NO5S/c1-30(2,3)36-29(32)20-35-28-15-9-13-25-26(28)12-7-8-14-27(25)31-21-37(33,34)24-18-16-23(17-19-24)22-10-5-4-6-11-22/h4-6,9-11,13,15-19,27,31H,7-8,12,14,20-21H2,1-3H3. The zero-order chi connectivity index (χ0) is 26.5. The number of rotatable bonds is 8. The van der Waals surface area contributed by atoms with Crippen LogP contribution in [0, 0.1) is 0 Å². The Kier molecular flexibility index (Phi) is 8.35. The highest BCUT2D eigenvalue weighted by atomic mass is 32.2. The van der Waals surface area contributed by atoms with Crippen LogP contribution in [-0.4, -0.2) is 32.5 Å². The molecule has 1 atom stereocenters. The molecule has 3 aromatic rings. The van der Waals surface area contributed by atoms with Crippen LogP contribution in [0.3, 0.4) is 0 Å². The highest BCUT2D eigenvalue weighted by Gasteiger charge is 2.24. The predicted octanol–water partition coefficient (Wildman–Crippen LogP) is 5.86. The third-order valence-electron chi connectivity index (χ3n) is 6.32. The van der Waals surface area contributed by atoms with E-state index in [1.807, 2.05) is 81.4 Å². The fraction of sp³-hybridized carbons (Fsp3) is 0.367. The highest BCUT2D eigenvalue weighted by Crippen LogP contribution is 2.34. The summed E-state index contributed by atoms with van der Waals surface area (Å²) in [5.41, 5.74) is 3.49. The van der Waals surface area contributed by atoms with Crippen molar-refractivity contribution in [1.82, 2.24) is 5.32 Å². The van der Waals surface area contributed by atoms with Crippen molar-refractivity contribution in [3.8, 4) is 16.9 Å². The second kappa shape index (κ2) is 11.5. The fourth-order valence-electron chi connectivity index (χ4n) is 4.62. The van der Waals surface area contributed by atoms with Gasteiger partial charge in [-0.3, -0.25) is 5.32 Å². The van der Waals surface area contributed by atoms with Gasteiger partial charge in [-0.15, -0.1) is 0 Å². The van der Waals surface area contributed by atoms with Gasteiger partial charge in [-0.2, -0.15) is 0 Å². The Morgan fingerprint density at radius 3 is 2.32 bits per heavy atom. The topological polar surface area (TPSA) is 81.7 Å². The first-order valence-electron chi connectivity index (χ1n) is 12.7. The van der Waals surface area contributed by atoms with Crippen molar-refractivity contribution < 1.29 is 22.7 Å². The zero-order valence-corrected chi connectivity index (χ0v) is 22.5. The minimum Gasteiger partial charge on any atom is -0.482 e. The molecule has 0 spiro atoms. The Labute approximate surface area is 219 Å².